The van der Waals surface area contributed by atoms with E-state index in [-0.39, 0.29) is 19.4 Å². The molecule has 7 nitrogen and oxygen atoms in total. The van der Waals surface area contributed by atoms with E-state index in [0.717, 1.165) is 0 Å². The maximum absolute atomic E-state index is 11.7. The lowest BCUT2D eigenvalue weighted by Gasteiger charge is -2.23. The van der Waals surface area contributed by atoms with Crippen LogP contribution in [-0.2, 0) is 23.9 Å². The van der Waals surface area contributed by atoms with Gasteiger partial charge in [-0.1, -0.05) is 0 Å². The van der Waals surface area contributed by atoms with Gasteiger partial charge in [0.1, 0.15) is 5.60 Å². The lowest BCUT2D eigenvalue weighted by Crippen LogP contribution is -2.45. The van der Waals surface area contributed by atoms with Crippen LogP contribution in [0.4, 0.5) is 0 Å². The molecule has 2 N–H and O–H groups in total. The van der Waals surface area contributed by atoms with Gasteiger partial charge in [-0.25, -0.2) is 4.79 Å². The average molecular weight is 317 g/mol. The summed E-state index contributed by atoms with van der Waals surface area (Å²) in [6.45, 7) is 10.4. The molecule has 0 aliphatic heterocycles. The average Bonchev–Trinajstić information content (AvgIpc) is 2.28. The molecule has 128 valence electrons. The molecule has 0 saturated heterocycles. The van der Waals surface area contributed by atoms with Crippen molar-refractivity contribution in [2.75, 3.05) is 6.61 Å². The highest BCUT2D eigenvalue weighted by Gasteiger charge is 2.24. The molecule has 7 heteroatoms. The van der Waals surface area contributed by atoms with Gasteiger partial charge < -0.3 is 19.9 Å². The van der Waals surface area contributed by atoms with Crippen LogP contribution in [0.3, 0.4) is 0 Å². The number of carbonyl (C=O) groups excluding carboxylic acids is 2. The summed E-state index contributed by atoms with van der Waals surface area (Å²) >= 11 is 0. The maximum atomic E-state index is 11.7. The number of carboxylic acid groups (broad SMARTS) is 1. The van der Waals surface area contributed by atoms with Crippen molar-refractivity contribution < 1.29 is 29.0 Å². The fourth-order valence-electron chi connectivity index (χ4n) is 1.38. The molecule has 0 fully saturated rings. The number of hydrogen-bond donors (Lipinski definition) is 2. The second kappa shape index (κ2) is 8.12. The van der Waals surface area contributed by atoms with Crippen LogP contribution >= 0.6 is 0 Å². The highest BCUT2D eigenvalue weighted by molar-refractivity contribution is 5.85. The van der Waals surface area contributed by atoms with Crippen LogP contribution in [0.25, 0.3) is 0 Å². The van der Waals surface area contributed by atoms with E-state index in [2.05, 4.69) is 5.32 Å². The first kappa shape index (κ1) is 20.4. The van der Waals surface area contributed by atoms with Crippen LogP contribution in [0.5, 0.6) is 0 Å². The van der Waals surface area contributed by atoms with Gasteiger partial charge in [0.05, 0.1) is 18.6 Å². The number of nitrogens with one attached hydrogen (secondary N) is 1. The Balaban J connectivity index is 4.30. The standard InChI is InChI=1S/C15H27NO6/c1-14(2,3)21-9-10(13(19)20)16-11(17)7-8-12(18)22-15(4,5)6/h10H,7-9H2,1-6H3,(H,16,17)(H,19,20)/t10-/m0/s1. The summed E-state index contributed by atoms with van der Waals surface area (Å²) in [6.07, 6.45) is -0.232. The van der Waals surface area contributed by atoms with E-state index in [1.807, 2.05) is 0 Å². The van der Waals surface area contributed by atoms with Gasteiger partial charge in [-0.15, -0.1) is 0 Å². The normalized spacial score (nSPS) is 13.4. The molecule has 0 spiro atoms. The van der Waals surface area contributed by atoms with Gasteiger partial charge in [0.2, 0.25) is 5.91 Å². The molecule has 0 aromatic carbocycles. The van der Waals surface area contributed by atoms with Crippen molar-refractivity contribution in [3.8, 4) is 0 Å². The zero-order valence-electron chi connectivity index (χ0n) is 14.2. The number of esters is 1. The number of amides is 1. The monoisotopic (exact) mass is 317 g/mol. The summed E-state index contributed by atoms with van der Waals surface area (Å²) in [4.78, 5) is 34.3. The van der Waals surface area contributed by atoms with Crippen molar-refractivity contribution in [3.63, 3.8) is 0 Å². The number of hydrogen-bond acceptors (Lipinski definition) is 5. The van der Waals surface area contributed by atoms with Crippen molar-refractivity contribution in [3.05, 3.63) is 0 Å². The summed E-state index contributed by atoms with van der Waals surface area (Å²) in [5, 5.41) is 11.4. The van der Waals surface area contributed by atoms with Crippen molar-refractivity contribution >= 4 is 17.8 Å². The molecule has 0 rings (SSSR count). The van der Waals surface area contributed by atoms with E-state index in [4.69, 9.17) is 14.6 Å². The van der Waals surface area contributed by atoms with Crippen molar-refractivity contribution in [2.45, 2.75) is 71.6 Å². The predicted molar refractivity (Wildman–Crippen MR) is 80.4 cm³/mol. The third-order valence-electron chi connectivity index (χ3n) is 2.29. The minimum absolute atomic E-state index is 0.102. The zero-order chi connectivity index (χ0) is 17.6. The minimum Gasteiger partial charge on any atom is -0.480 e. The highest BCUT2D eigenvalue weighted by Crippen LogP contribution is 2.10. The van der Waals surface area contributed by atoms with Crippen LogP contribution in [0.2, 0.25) is 0 Å². The largest absolute Gasteiger partial charge is 0.480 e. The fourth-order valence-corrected chi connectivity index (χ4v) is 1.38. The molecule has 0 heterocycles. The SMILES string of the molecule is CC(C)(C)OC[C@H](NC(=O)CCC(=O)OC(C)(C)C)C(=O)O. The van der Waals surface area contributed by atoms with Crippen LogP contribution in [0.15, 0.2) is 0 Å². The fraction of sp³-hybridized carbons (Fsp3) is 0.800. The Morgan fingerprint density at radius 1 is 1.00 bits per heavy atom. The van der Waals surface area contributed by atoms with Crippen LogP contribution in [0.1, 0.15) is 54.4 Å². The molecule has 0 aliphatic carbocycles. The molecule has 1 amide bonds. The lowest BCUT2D eigenvalue weighted by molar-refractivity contribution is -0.155. The topological polar surface area (TPSA) is 102 Å². The number of rotatable bonds is 7. The lowest BCUT2D eigenvalue weighted by atomic mass is 10.2. The van der Waals surface area contributed by atoms with E-state index >= 15 is 0 Å². The van der Waals surface area contributed by atoms with Crippen molar-refractivity contribution in [2.24, 2.45) is 0 Å². The first-order chi connectivity index (χ1) is 9.80. The van der Waals surface area contributed by atoms with Gasteiger partial charge in [-0.05, 0) is 41.5 Å². The second-order valence-electron chi connectivity index (χ2n) is 6.97. The highest BCUT2D eigenvalue weighted by atomic mass is 16.6. The first-order valence-corrected chi connectivity index (χ1v) is 7.18. The third-order valence-corrected chi connectivity index (χ3v) is 2.29. The number of carbonyl (C=O) groups is 3. The van der Waals surface area contributed by atoms with Gasteiger partial charge >= 0.3 is 11.9 Å². The Bertz CT molecular complexity index is 405. The molecule has 0 aromatic heterocycles. The summed E-state index contributed by atoms with van der Waals surface area (Å²) in [5.74, 6) is -2.22. The smallest absolute Gasteiger partial charge is 0.328 e. The van der Waals surface area contributed by atoms with E-state index < -0.39 is 35.1 Å². The predicted octanol–water partition coefficient (Wildman–Crippen LogP) is 1.49. The van der Waals surface area contributed by atoms with Crippen LogP contribution in [-0.4, -0.2) is 46.8 Å². The van der Waals surface area contributed by atoms with Gasteiger partial charge in [-0.2, -0.15) is 0 Å². The van der Waals surface area contributed by atoms with Crippen LogP contribution in [0, 0.1) is 0 Å². The molecule has 0 unspecified atom stereocenters. The van der Waals surface area contributed by atoms with Crippen molar-refractivity contribution in [1.82, 2.24) is 5.32 Å². The molecular weight excluding hydrogens is 290 g/mol. The molecule has 0 saturated carbocycles. The van der Waals surface area contributed by atoms with Gasteiger partial charge in [0, 0.05) is 6.42 Å². The second-order valence-corrected chi connectivity index (χ2v) is 6.97. The van der Waals surface area contributed by atoms with E-state index in [0.29, 0.717) is 0 Å². The Hall–Kier alpha value is -1.63. The molecule has 22 heavy (non-hydrogen) atoms. The molecule has 0 bridgehead atoms. The van der Waals surface area contributed by atoms with Crippen molar-refractivity contribution in [1.29, 1.82) is 0 Å². The molecule has 1 atom stereocenters. The quantitative estimate of drug-likeness (QED) is 0.690. The Morgan fingerprint density at radius 3 is 1.95 bits per heavy atom. The molecule has 0 radical (unpaired) electrons. The number of ether oxygens (including phenoxy) is 2. The summed E-state index contributed by atoms with van der Waals surface area (Å²) in [6, 6.07) is -1.15. The van der Waals surface area contributed by atoms with E-state index in [9.17, 15) is 14.4 Å². The maximum Gasteiger partial charge on any atom is 0.328 e. The Morgan fingerprint density at radius 2 is 1.55 bits per heavy atom. The Kier molecular flexibility index (Phi) is 7.52. The summed E-state index contributed by atoms with van der Waals surface area (Å²) in [7, 11) is 0. The minimum atomic E-state index is -1.19. The molecule has 0 aromatic rings. The van der Waals surface area contributed by atoms with Gasteiger partial charge in [-0.3, -0.25) is 9.59 Å². The molecular formula is C15H27NO6. The number of aliphatic carboxylic acids is 1. The first-order valence-electron chi connectivity index (χ1n) is 7.18. The van der Waals surface area contributed by atoms with E-state index in [1.165, 1.54) is 0 Å². The zero-order valence-corrected chi connectivity index (χ0v) is 14.2. The van der Waals surface area contributed by atoms with Crippen LogP contribution < -0.4 is 5.32 Å². The van der Waals surface area contributed by atoms with E-state index in [1.54, 1.807) is 41.5 Å². The van der Waals surface area contributed by atoms with Gasteiger partial charge in [0.25, 0.3) is 0 Å². The molecule has 0 aliphatic rings. The third kappa shape index (κ3) is 11.1. The van der Waals surface area contributed by atoms with Gasteiger partial charge in [0.15, 0.2) is 6.04 Å². The number of carboxylic acids is 1. The Labute approximate surface area is 131 Å². The summed E-state index contributed by atoms with van der Waals surface area (Å²) < 4.78 is 10.4. The summed E-state index contributed by atoms with van der Waals surface area (Å²) in [5.41, 5.74) is -1.12.